The normalized spacial score (nSPS) is 14.6. The van der Waals surface area contributed by atoms with Crippen molar-refractivity contribution in [2.24, 2.45) is 0 Å². The van der Waals surface area contributed by atoms with E-state index in [1.165, 1.54) is 7.11 Å². The third-order valence-electron chi connectivity index (χ3n) is 4.83. The van der Waals surface area contributed by atoms with E-state index in [2.05, 4.69) is 4.90 Å². The Morgan fingerprint density at radius 3 is 2.41 bits per heavy atom. The number of piperazine rings is 1. The zero-order chi connectivity index (χ0) is 21.0. The number of carbonyl (C=O) groups excluding carboxylic acids is 1. The molecule has 2 aromatic rings. The molecule has 9 heteroatoms. The van der Waals surface area contributed by atoms with Crippen LogP contribution in [0.4, 0.5) is 11.4 Å². The maximum atomic E-state index is 12.8. The first-order valence-corrected chi connectivity index (χ1v) is 11.4. The first-order valence-electron chi connectivity index (χ1n) is 9.18. The maximum Gasteiger partial charge on any atom is 0.243 e. The van der Waals surface area contributed by atoms with E-state index in [4.69, 9.17) is 16.3 Å². The Hall–Kier alpha value is -2.45. The van der Waals surface area contributed by atoms with Crippen molar-refractivity contribution >= 4 is 38.9 Å². The Kier molecular flexibility index (Phi) is 6.54. The predicted molar refractivity (Wildman–Crippen MR) is 115 cm³/mol. The molecule has 1 amide bonds. The van der Waals surface area contributed by atoms with Crippen LogP contribution in [0.2, 0.25) is 5.02 Å². The minimum atomic E-state index is -3.63. The van der Waals surface area contributed by atoms with Crippen molar-refractivity contribution in [3.8, 4) is 5.75 Å². The minimum Gasteiger partial charge on any atom is -0.497 e. The number of amides is 1. The van der Waals surface area contributed by atoms with Gasteiger partial charge in [0, 0.05) is 43.0 Å². The van der Waals surface area contributed by atoms with Crippen molar-refractivity contribution in [1.82, 2.24) is 4.90 Å². The van der Waals surface area contributed by atoms with Gasteiger partial charge >= 0.3 is 0 Å². The molecule has 0 aromatic heterocycles. The average Bonchev–Trinajstić information content (AvgIpc) is 2.71. The van der Waals surface area contributed by atoms with Crippen LogP contribution >= 0.6 is 11.6 Å². The number of benzene rings is 2. The second-order valence-corrected chi connectivity index (χ2v) is 9.16. The van der Waals surface area contributed by atoms with E-state index in [0.29, 0.717) is 42.6 Å². The zero-order valence-electron chi connectivity index (χ0n) is 16.4. The van der Waals surface area contributed by atoms with E-state index in [9.17, 15) is 13.2 Å². The van der Waals surface area contributed by atoms with Gasteiger partial charge in [0.05, 0.1) is 19.1 Å². The van der Waals surface area contributed by atoms with Crippen LogP contribution in [0.25, 0.3) is 0 Å². The van der Waals surface area contributed by atoms with Crippen molar-refractivity contribution in [2.75, 3.05) is 55.3 Å². The summed E-state index contributed by atoms with van der Waals surface area (Å²) in [5.74, 6) is 0.294. The van der Waals surface area contributed by atoms with Gasteiger partial charge in [-0.2, -0.15) is 0 Å². The summed E-state index contributed by atoms with van der Waals surface area (Å²) in [6.07, 6.45) is 1.09. The lowest BCUT2D eigenvalue weighted by Crippen LogP contribution is -2.52. The van der Waals surface area contributed by atoms with E-state index in [-0.39, 0.29) is 12.5 Å². The molecule has 0 atom stereocenters. The Balaban J connectivity index is 1.68. The molecule has 0 aliphatic carbocycles. The topological polar surface area (TPSA) is 70.2 Å². The molecular formula is C20H24ClN3O4S. The fourth-order valence-corrected chi connectivity index (χ4v) is 4.30. The van der Waals surface area contributed by atoms with Crippen LogP contribution in [0.5, 0.6) is 5.75 Å². The van der Waals surface area contributed by atoms with Gasteiger partial charge in [0.2, 0.25) is 15.9 Å². The molecule has 0 radical (unpaired) electrons. The van der Waals surface area contributed by atoms with Crippen LogP contribution in [-0.2, 0) is 14.8 Å². The average molecular weight is 438 g/mol. The van der Waals surface area contributed by atoms with Crippen LogP contribution in [0.3, 0.4) is 0 Å². The van der Waals surface area contributed by atoms with Gasteiger partial charge in [-0.05, 0) is 30.3 Å². The second kappa shape index (κ2) is 8.92. The molecule has 29 heavy (non-hydrogen) atoms. The smallest absolute Gasteiger partial charge is 0.243 e. The third-order valence-corrected chi connectivity index (χ3v) is 6.20. The highest BCUT2D eigenvalue weighted by molar-refractivity contribution is 7.92. The van der Waals surface area contributed by atoms with Crippen molar-refractivity contribution in [3.63, 3.8) is 0 Å². The summed E-state index contributed by atoms with van der Waals surface area (Å²) in [5, 5.41) is 0.670. The monoisotopic (exact) mass is 437 g/mol. The van der Waals surface area contributed by atoms with Crippen LogP contribution < -0.4 is 13.9 Å². The van der Waals surface area contributed by atoms with Crippen LogP contribution in [0.1, 0.15) is 0 Å². The standard InChI is InChI=1S/C20H24ClN3O4S/c1-28-19-8-4-7-18(14-19)24(29(2,26)27)15-20(25)23-11-9-22(10-12-23)17-6-3-5-16(21)13-17/h3-8,13-14H,9-12,15H2,1-2H3. The van der Waals surface area contributed by atoms with Gasteiger partial charge in [-0.3, -0.25) is 9.10 Å². The molecule has 1 fully saturated rings. The van der Waals surface area contributed by atoms with Gasteiger partial charge < -0.3 is 14.5 Å². The first-order chi connectivity index (χ1) is 13.8. The summed E-state index contributed by atoms with van der Waals surface area (Å²) in [5.41, 5.74) is 1.41. The molecule has 2 aromatic carbocycles. The highest BCUT2D eigenvalue weighted by Gasteiger charge is 2.27. The Labute approximate surface area is 176 Å². The number of hydrogen-bond donors (Lipinski definition) is 0. The summed E-state index contributed by atoms with van der Waals surface area (Å²) in [7, 11) is -2.12. The lowest BCUT2D eigenvalue weighted by atomic mass is 10.2. The van der Waals surface area contributed by atoms with Crippen LogP contribution in [0, 0.1) is 0 Å². The quantitative estimate of drug-likeness (QED) is 0.694. The highest BCUT2D eigenvalue weighted by atomic mass is 35.5. The summed E-state index contributed by atoms with van der Waals surface area (Å²) in [6.45, 7) is 2.10. The number of sulfonamides is 1. The van der Waals surface area contributed by atoms with Gasteiger partial charge in [0.25, 0.3) is 0 Å². The van der Waals surface area contributed by atoms with Gasteiger partial charge in [0.15, 0.2) is 0 Å². The molecule has 156 valence electrons. The van der Waals surface area contributed by atoms with E-state index in [0.717, 1.165) is 16.2 Å². The summed E-state index contributed by atoms with van der Waals surface area (Å²) < 4.78 is 30.9. The fourth-order valence-electron chi connectivity index (χ4n) is 3.28. The van der Waals surface area contributed by atoms with E-state index >= 15 is 0 Å². The number of carbonyl (C=O) groups is 1. The third kappa shape index (κ3) is 5.33. The SMILES string of the molecule is COc1cccc(N(CC(=O)N2CCN(c3cccc(Cl)c3)CC2)S(C)(=O)=O)c1. The van der Waals surface area contributed by atoms with Crippen molar-refractivity contribution in [3.05, 3.63) is 53.6 Å². The minimum absolute atomic E-state index is 0.232. The molecule has 1 aliphatic rings. The molecule has 0 spiro atoms. The molecule has 7 nitrogen and oxygen atoms in total. The predicted octanol–water partition coefficient (Wildman–Crippen LogP) is 2.46. The number of halogens is 1. The van der Waals surface area contributed by atoms with Crippen molar-refractivity contribution in [2.45, 2.75) is 0 Å². The lowest BCUT2D eigenvalue weighted by molar-refractivity contribution is -0.129. The molecule has 1 saturated heterocycles. The van der Waals surface area contributed by atoms with Crippen LogP contribution in [-0.4, -0.2) is 65.3 Å². The van der Waals surface area contributed by atoms with Gasteiger partial charge in [0.1, 0.15) is 12.3 Å². The molecule has 1 aliphatic heterocycles. The Morgan fingerprint density at radius 1 is 1.10 bits per heavy atom. The number of methoxy groups -OCH3 is 1. The lowest BCUT2D eigenvalue weighted by Gasteiger charge is -2.37. The van der Waals surface area contributed by atoms with Crippen molar-refractivity contribution in [1.29, 1.82) is 0 Å². The number of ether oxygens (including phenoxy) is 1. The van der Waals surface area contributed by atoms with Gasteiger partial charge in [-0.1, -0.05) is 23.7 Å². The Bertz CT molecular complexity index is 975. The van der Waals surface area contributed by atoms with Crippen molar-refractivity contribution < 1.29 is 17.9 Å². The maximum absolute atomic E-state index is 12.8. The fraction of sp³-hybridized carbons (Fsp3) is 0.350. The van der Waals surface area contributed by atoms with E-state index in [1.54, 1.807) is 29.2 Å². The number of anilines is 2. The molecule has 1 heterocycles. The Morgan fingerprint density at radius 2 is 1.79 bits per heavy atom. The van der Waals surface area contributed by atoms with Gasteiger partial charge in [-0.25, -0.2) is 8.42 Å². The molecule has 0 saturated carbocycles. The zero-order valence-corrected chi connectivity index (χ0v) is 18.0. The van der Waals surface area contributed by atoms with Gasteiger partial charge in [-0.15, -0.1) is 0 Å². The molecule has 0 bridgehead atoms. The largest absolute Gasteiger partial charge is 0.497 e. The van der Waals surface area contributed by atoms with Crippen LogP contribution in [0.15, 0.2) is 48.5 Å². The number of nitrogens with zero attached hydrogens (tertiary/aromatic N) is 3. The molecular weight excluding hydrogens is 414 g/mol. The van der Waals surface area contributed by atoms with E-state index in [1.807, 2.05) is 24.3 Å². The summed E-state index contributed by atoms with van der Waals surface area (Å²) >= 11 is 6.06. The van der Waals surface area contributed by atoms with E-state index < -0.39 is 10.0 Å². The molecule has 0 N–H and O–H groups in total. The molecule has 3 rings (SSSR count). The first kappa shape index (κ1) is 21.3. The summed E-state index contributed by atoms with van der Waals surface area (Å²) in [6, 6.07) is 14.3. The summed E-state index contributed by atoms with van der Waals surface area (Å²) in [4.78, 5) is 16.7. The second-order valence-electron chi connectivity index (χ2n) is 6.82. The number of rotatable bonds is 6. The number of hydrogen-bond acceptors (Lipinski definition) is 5. The highest BCUT2D eigenvalue weighted by Crippen LogP contribution is 2.24. The molecule has 0 unspecified atom stereocenters.